The van der Waals surface area contributed by atoms with Gasteiger partial charge in [0, 0.05) is 0 Å². The van der Waals surface area contributed by atoms with Crippen LogP contribution < -0.4 is 0 Å². The molecule has 1 aromatic rings. The van der Waals surface area contributed by atoms with Crippen molar-refractivity contribution < 1.29 is 13.2 Å². The third kappa shape index (κ3) is 3.56. The van der Waals surface area contributed by atoms with E-state index in [0.717, 1.165) is 12.1 Å². The fourth-order valence-electron chi connectivity index (χ4n) is 1.08. The molecular formula is C10H7BrF3N. The first kappa shape index (κ1) is 12.1. The van der Waals surface area contributed by atoms with Crippen LogP contribution in [0.3, 0.4) is 0 Å². The van der Waals surface area contributed by atoms with E-state index in [0.29, 0.717) is 12.0 Å². The van der Waals surface area contributed by atoms with E-state index in [-0.39, 0.29) is 4.83 Å². The lowest BCUT2D eigenvalue weighted by Gasteiger charge is -2.07. The third-order valence-electron chi connectivity index (χ3n) is 1.84. The highest BCUT2D eigenvalue weighted by molar-refractivity contribution is 9.09. The summed E-state index contributed by atoms with van der Waals surface area (Å²) in [4.78, 5) is -0.366. The molecule has 0 aliphatic rings. The molecule has 5 heteroatoms. The molecule has 0 aliphatic carbocycles. The molecule has 0 saturated heterocycles. The fourth-order valence-corrected chi connectivity index (χ4v) is 1.46. The maximum Gasteiger partial charge on any atom is 0.416 e. The predicted molar refractivity (Wildman–Crippen MR) is 53.5 cm³/mol. The van der Waals surface area contributed by atoms with E-state index in [2.05, 4.69) is 15.9 Å². The van der Waals surface area contributed by atoms with Gasteiger partial charge in [-0.25, -0.2) is 0 Å². The average molecular weight is 278 g/mol. The van der Waals surface area contributed by atoms with Crippen LogP contribution in [-0.2, 0) is 12.6 Å². The van der Waals surface area contributed by atoms with Crippen molar-refractivity contribution in [3.05, 3.63) is 35.4 Å². The van der Waals surface area contributed by atoms with Gasteiger partial charge in [0.05, 0.1) is 11.6 Å². The number of rotatable bonds is 2. The van der Waals surface area contributed by atoms with Gasteiger partial charge in [-0.3, -0.25) is 0 Å². The zero-order valence-corrected chi connectivity index (χ0v) is 9.14. The molecule has 0 N–H and O–H groups in total. The van der Waals surface area contributed by atoms with E-state index < -0.39 is 11.7 Å². The number of halogens is 4. The molecule has 1 rings (SSSR count). The Morgan fingerprint density at radius 3 is 2.20 bits per heavy atom. The van der Waals surface area contributed by atoms with Gasteiger partial charge in [-0.2, -0.15) is 18.4 Å². The summed E-state index contributed by atoms with van der Waals surface area (Å²) in [7, 11) is 0. The van der Waals surface area contributed by atoms with Gasteiger partial charge >= 0.3 is 6.18 Å². The first-order valence-corrected chi connectivity index (χ1v) is 5.05. The van der Waals surface area contributed by atoms with Gasteiger partial charge in [-0.1, -0.05) is 28.1 Å². The number of alkyl halides is 4. The first-order valence-electron chi connectivity index (χ1n) is 4.13. The van der Waals surface area contributed by atoms with Crippen molar-refractivity contribution in [1.29, 1.82) is 5.26 Å². The van der Waals surface area contributed by atoms with E-state index in [1.165, 1.54) is 12.1 Å². The highest BCUT2D eigenvalue weighted by Crippen LogP contribution is 2.29. The second-order valence-corrected chi connectivity index (χ2v) is 4.10. The molecule has 1 unspecified atom stereocenters. The smallest absolute Gasteiger partial charge is 0.197 e. The fraction of sp³-hybridized carbons (Fsp3) is 0.300. The van der Waals surface area contributed by atoms with Crippen LogP contribution in [0.5, 0.6) is 0 Å². The zero-order chi connectivity index (χ0) is 11.5. The standard InChI is InChI=1S/C10H7BrF3N/c11-9(6-15)5-7-1-3-8(4-2-7)10(12,13)14/h1-4,9H,5H2. The van der Waals surface area contributed by atoms with E-state index in [1.807, 2.05) is 6.07 Å². The Bertz CT molecular complexity index is 364. The Morgan fingerprint density at radius 2 is 1.80 bits per heavy atom. The van der Waals surface area contributed by atoms with Crippen molar-refractivity contribution >= 4 is 15.9 Å². The van der Waals surface area contributed by atoms with Crippen LogP contribution in [0.4, 0.5) is 13.2 Å². The Morgan fingerprint density at radius 1 is 1.27 bits per heavy atom. The summed E-state index contributed by atoms with van der Waals surface area (Å²) in [6.07, 6.45) is -3.91. The molecule has 0 amide bonds. The van der Waals surface area contributed by atoms with Crippen LogP contribution in [-0.4, -0.2) is 4.83 Å². The van der Waals surface area contributed by atoms with Crippen molar-refractivity contribution in [1.82, 2.24) is 0 Å². The maximum absolute atomic E-state index is 12.2. The van der Waals surface area contributed by atoms with E-state index >= 15 is 0 Å². The second-order valence-electron chi connectivity index (χ2n) is 3.00. The number of nitriles is 1. The summed E-state index contributed by atoms with van der Waals surface area (Å²) in [6.45, 7) is 0. The molecule has 1 aromatic carbocycles. The Hall–Kier alpha value is -1.02. The summed E-state index contributed by atoms with van der Waals surface area (Å²) in [5.41, 5.74) is 0.0285. The van der Waals surface area contributed by atoms with Gasteiger partial charge in [0.25, 0.3) is 0 Å². The predicted octanol–water partition coefficient (Wildman–Crippen LogP) is 3.53. The summed E-state index contributed by atoms with van der Waals surface area (Å²) >= 11 is 3.09. The highest BCUT2D eigenvalue weighted by Gasteiger charge is 2.29. The minimum atomic E-state index is -4.30. The molecule has 0 aliphatic heterocycles. The summed E-state index contributed by atoms with van der Waals surface area (Å²) < 4.78 is 36.6. The van der Waals surface area contributed by atoms with Gasteiger partial charge < -0.3 is 0 Å². The van der Waals surface area contributed by atoms with Crippen LogP contribution in [0.15, 0.2) is 24.3 Å². The van der Waals surface area contributed by atoms with Gasteiger partial charge in [-0.05, 0) is 24.1 Å². The van der Waals surface area contributed by atoms with Gasteiger partial charge in [-0.15, -0.1) is 0 Å². The molecule has 0 spiro atoms. The summed E-state index contributed by atoms with van der Waals surface area (Å²) in [6, 6.07) is 6.76. The van der Waals surface area contributed by atoms with Crippen LogP contribution >= 0.6 is 15.9 Å². The third-order valence-corrected chi connectivity index (χ3v) is 2.36. The molecule has 0 bridgehead atoms. The summed E-state index contributed by atoms with van der Waals surface area (Å²) in [5.74, 6) is 0. The number of hydrogen-bond donors (Lipinski definition) is 0. The molecule has 1 nitrogen and oxygen atoms in total. The van der Waals surface area contributed by atoms with Gasteiger partial charge in [0.1, 0.15) is 4.83 Å². The number of benzene rings is 1. The highest BCUT2D eigenvalue weighted by atomic mass is 79.9. The lowest BCUT2D eigenvalue weighted by Crippen LogP contribution is -2.05. The zero-order valence-electron chi connectivity index (χ0n) is 7.55. The van der Waals surface area contributed by atoms with Gasteiger partial charge in [0.2, 0.25) is 0 Å². The number of nitrogens with zero attached hydrogens (tertiary/aromatic N) is 1. The molecule has 0 saturated carbocycles. The van der Waals surface area contributed by atoms with E-state index in [1.54, 1.807) is 0 Å². The van der Waals surface area contributed by atoms with E-state index in [9.17, 15) is 13.2 Å². The average Bonchev–Trinajstić information content (AvgIpc) is 2.17. The molecule has 0 aromatic heterocycles. The second kappa shape index (κ2) is 4.67. The molecule has 1 atom stereocenters. The molecular weight excluding hydrogens is 271 g/mol. The molecule has 0 radical (unpaired) electrons. The Labute approximate surface area is 93.6 Å². The Kier molecular flexibility index (Phi) is 3.75. The lowest BCUT2D eigenvalue weighted by atomic mass is 10.1. The molecule has 0 fully saturated rings. The maximum atomic E-state index is 12.2. The van der Waals surface area contributed by atoms with Crippen molar-refractivity contribution in [2.45, 2.75) is 17.4 Å². The van der Waals surface area contributed by atoms with Crippen molar-refractivity contribution in [2.75, 3.05) is 0 Å². The van der Waals surface area contributed by atoms with Crippen LogP contribution in [0.2, 0.25) is 0 Å². The first-order chi connectivity index (χ1) is 6.93. The van der Waals surface area contributed by atoms with Crippen LogP contribution in [0.25, 0.3) is 0 Å². The minimum Gasteiger partial charge on any atom is -0.197 e. The van der Waals surface area contributed by atoms with Crippen LogP contribution in [0, 0.1) is 11.3 Å². The molecule has 0 heterocycles. The largest absolute Gasteiger partial charge is 0.416 e. The quantitative estimate of drug-likeness (QED) is 0.759. The van der Waals surface area contributed by atoms with Gasteiger partial charge in [0.15, 0.2) is 0 Å². The summed E-state index contributed by atoms with van der Waals surface area (Å²) in [5, 5.41) is 8.50. The SMILES string of the molecule is N#CC(Br)Cc1ccc(C(F)(F)F)cc1. The van der Waals surface area contributed by atoms with Crippen molar-refractivity contribution in [2.24, 2.45) is 0 Å². The molecule has 80 valence electrons. The number of hydrogen-bond acceptors (Lipinski definition) is 1. The lowest BCUT2D eigenvalue weighted by molar-refractivity contribution is -0.137. The van der Waals surface area contributed by atoms with Crippen molar-refractivity contribution in [3.8, 4) is 6.07 Å². The van der Waals surface area contributed by atoms with Crippen LogP contribution in [0.1, 0.15) is 11.1 Å². The molecule has 15 heavy (non-hydrogen) atoms. The Balaban J connectivity index is 2.78. The van der Waals surface area contributed by atoms with E-state index in [4.69, 9.17) is 5.26 Å². The topological polar surface area (TPSA) is 23.8 Å². The normalized spacial score (nSPS) is 13.3. The minimum absolute atomic E-state index is 0.366. The van der Waals surface area contributed by atoms with Crippen molar-refractivity contribution in [3.63, 3.8) is 0 Å². The monoisotopic (exact) mass is 277 g/mol.